The van der Waals surface area contributed by atoms with Crippen LogP contribution in [0.15, 0.2) is 57.7 Å². The second-order valence-corrected chi connectivity index (χ2v) is 4.40. The summed E-state index contributed by atoms with van der Waals surface area (Å²) in [4.78, 5) is 12.0. The second kappa shape index (κ2) is 4.74. The molecule has 20 heavy (non-hydrogen) atoms. The molecule has 0 fully saturated rings. The highest BCUT2D eigenvalue weighted by Gasteiger charge is 2.08. The van der Waals surface area contributed by atoms with Crippen molar-refractivity contribution in [1.29, 1.82) is 0 Å². The van der Waals surface area contributed by atoms with Crippen LogP contribution in [0.3, 0.4) is 0 Å². The largest absolute Gasteiger partial charge is 0.508 e. The van der Waals surface area contributed by atoms with Crippen molar-refractivity contribution in [1.82, 2.24) is 0 Å². The molecular formula is C16H12O4. The summed E-state index contributed by atoms with van der Waals surface area (Å²) < 4.78 is 10.4. The number of phenolic OH excluding ortho intramolecular Hbond substituents is 1. The van der Waals surface area contributed by atoms with Crippen molar-refractivity contribution >= 4 is 11.0 Å². The molecule has 4 heteroatoms. The predicted octanol–water partition coefficient (Wildman–Crippen LogP) is 3.17. The highest BCUT2D eigenvalue weighted by molar-refractivity contribution is 5.82. The molecule has 1 heterocycles. The van der Waals surface area contributed by atoms with Gasteiger partial charge in [-0.25, -0.2) is 4.79 Å². The number of hydrogen-bond donors (Lipinski definition) is 1. The summed E-state index contributed by atoms with van der Waals surface area (Å²) in [6.45, 7) is 0. The van der Waals surface area contributed by atoms with Gasteiger partial charge >= 0.3 is 5.63 Å². The Morgan fingerprint density at radius 2 is 1.80 bits per heavy atom. The SMILES string of the molecule is COc1ccc2cc(-c3ccc(O)cc3)c(=O)oc2c1. The van der Waals surface area contributed by atoms with E-state index in [-0.39, 0.29) is 5.75 Å². The number of fused-ring (bicyclic) bond motifs is 1. The van der Waals surface area contributed by atoms with E-state index in [1.165, 1.54) is 12.1 Å². The maximum absolute atomic E-state index is 12.0. The number of phenols is 1. The first kappa shape index (κ1) is 12.3. The first-order valence-corrected chi connectivity index (χ1v) is 6.09. The second-order valence-electron chi connectivity index (χ2n) is 4.40. The van der Waals surface area contributed by atoms with Crippen molar-refractivity contribution < 1.29 is 14.3 Å². The minimum absolute atomic E-state index is 0.156. The smallest absolute Gasteiger partial charge is 0.344 e. The predicted molar refractivity (Wildman–Crippen MR) is 76.1 cm³/mol. The Balaban J connectivity index is 2.20. The van der Waals surface area contributed by atoms with Crippen LogP contribution in [0.2, 0.25) is 0 Å². The van der Waals surface area contributed by atoms with E-state index in [1.54, 1.807) is 31.4 Å². The summed E-state index contributed by atoms with van der Waals surface area (Å²) in [6.07, 6.45) is 0. The number of benzene rings is 2. The molecule has 3 rings (SSSR count). The van der Waals surface area contributed by atoms with Gasteiger partial charge in [0, 0.05) is 11.5 Å². The number of hydrogen-bond acceptors (Lipinski definition) is 4. The van der Waals surface area contributed by atoms with E-state index in [4.69, 9.17) is 9.15 Å². The van der Waals surface area contributed by atoms with Crippen molar-refractivity contribution in [2.24, 2.45) is 0 Å². The lowest BCUT2D eigenvalue weighted by molar-refractivity contribution is 0.414. The third-order valence-electron chi connectivity index (χ3n) is 3.12. The van der Waals surface area contributed by atoms with Crippen LogP contribution in [0.1, 0.15) is 0 Å². The molecule has 0 spiro atoms. The fraction of sp³-hybridized carbons (Fsp3) is 0.0625. The van der Waals surface area contributed by atoms with Crippen molar-refractivity contribution in [2.75, 3.05) is 7.11 Å². The Morgan fingerprint density at radius 1 is 1.05 bits per heavy atom. The first-order chi connectivity index (χ1) is 9.67. The van der Waals surface area contributed by atoms with Crippen molar-refractivity contribution in [2.45, 2.75) is 0 Å². The monoisotopic (exact) mass is 268 g/mol. The van der Waals surface area contributed by atoms with E-state index < -0.39 is 5.63 Å². The molecule has 4 nitrogen and oxygen atoms in total. The van der Waals surface area contributed by atoms with E-state index in [2.05, 4.69) is 0 Å². The number of aromatic hydroxyl groups is 1. The van der Waals surface area contributed by atoms with E-state index in [9.17, 15) is 9.90 Å². The summed E-state index contributed by atoms with van der Waals surface area (Å²) in [7, 11) is 1.56. The van der Waals surface area contributed by atoms with Gasteiger partial charge in [-0.2, -0.15) is 0 Å². The van der Waals surface area contributed by atoms with Crippen LogP contribution >= 0.6 is 0 Å². The molecule has 0 aliphatic rings. The number of rotatable bonds is 2. The third-order valence-corrected chi connectivity index (χ3v) is 3.12. The van der Waals surface area contributed by atoms with Crippen molar-refractivity contribution in [3.63, 3.8) is 0 Å². The molecule has 0 unspecified atom stereocenters. The Bertz CT molecular complexity index is 816. The van der Waals surface area contributed by atoms with E-state index in [0.29, 0.717) is 22.5 Å². The van der Waals surface area contributed by atoms with Crippen molar-refractivity contribution in [3.05, 3.63) is 59.0 Å². The molecule has 0 aliphatic heterocycles. The molecule has 0 saturated heterocycles. The van der Waals surface area contributed by atoms with Gasteiger partial charge in [0.15, 0.2) is 0 Å². The molecule has 0 atom stereocenters. The molecule has 3 aromatic rings. The lowest BCUT2D eigenvalue weighted by Gasteiger charge is -2.04. The quantitative estimate of drug-likeness (QED) is 0.725. The summed E-state index contributed by atoms with van der Waals surface area (Å²) in [5.41, 5.74) is 1.23. The first-order valence-electron chi connectivity index (χ1n) is 6.09. The minimum Gasteiger partial charge on any atom is -0.508 e. The van der Waals surface area contributed by atoms with Crippen LogP contribution < -0.4 is 10.4 Å². The zero-order valence-corrected chi connectivity index (χ0v) is 10.8. The van der Waals surface area contributed by atoms with Gasteiger partial charge < -0.3 is 14.3 Å². The molecule has 1 N–H and O–H groups in total. The third kappa shape index (κ3) is 2.12. The molecule has 0 aliphatic carbocycles. The Hall–Kier alpha value is -2.75. The molecule has 0 saturated carbocycles. The minimum atomic E-state index is -0.420. The van der Waals surface area contributed by atoms with E-state index in [1.807, 2.05) is 12.1 Å². The van der Waals surface area contributed by atoms with Crippen LogP contribution in [-0.4, -0.2) is 12.2 Å². The average molecular weight is 268 g/mol. The molecule has 0 radical (unpaired) electrons. The maximum Gasteiger partial charge on any atom is 0.344 e. The molecule has 0 bridgehead atoms. The van der Waals surface area contributed by atoms with Gasteiger partial charge in [0.2, 0.25) is 0 Å². The molecule has 2 aromatic carbocycles. The Labute approximate surface area is 114 Å². The van der Waals surface area contributed by atoms with Gasteiger partial charge in [-0.1, -0.05) is 12.1 Å². The fourth-order valence-corrected chi connectivity index (χ4v) is 2.06. The molecular weight excluding hydrogens is 256 g/mol. The summed E-state index contributed by atoms with van der Waals surface area (Å²) in [6, 6.07) is 13.5. The topological polar surface area (TPSA) is 59.7 Å². The zero-order valence-electron chi connectivity index (χ0n) is 10.8. The van der Waals surface area contributed by atoms with Crippen LogP contribution in [0.5, 0.6) is 11.5 Å². The standard InChI is InChI=1S/C16H12O4/c1-19-13-7-4-11-8-14(16(18)20-15(11)9-13)10-2-5-12(17)6-3-10/h2-9,17H,1H3. The number of methoxy groups -OCH3 is 1. The highest BCUT2D eigenvalue weighted by Crippen LogP contribution is 2.25. The molecule has 100 valence electrons. The summed E-state index contributed by atoms with van der Waals surface area (Å²) in [5.74, 6) is 0.793. The lowest BCUT2D eigenvalue weighted by Crippen LogP contribution is -2.02. The van der Waals surface area contributed by atoms with Gasteiger partial charge in [-0.3, -0.25) is 0 Å². The van der Waals surface area contributed by atoms with Gasteiger partial charge in [-0.05, 0) is 35.9 Å². The maximum atomic E-state index is 12.0. The number of ether oxygens (including phenoxy) is 1. The molecule has 0 amide bonds. The van der Waals surface area contributed by atoms with Gasteiger partial charge in [0.05, 0.1) is 12.7 Å². The normalized spacial score (nSPS) is 10.7. The van der Waals surface area contributed by atoms with Gasteiger partial charge in [0.1, 0.15) is 17.1 Å². The van der Waals surface area contributed by atoms with Gasteiger partial charge in [0.25, 0.3) is 0 Å². The van der Waals surface area contributed by atoms with E-state index >= 15 is 0 Å². The fourth-order valence-electron chi connectivity index (χ4n) is 2.06. The Kier molecular flexibility index (Phi) is 2.91. The average Bonchev–Trinajstić information content (AvgIpc) is 2.47. The van der Waals surface area contributed by atoms with Crippen LogP contribution in [0.4, 0.5) is 0 Å². The summed E-state index contributed by atoms with van der Waals surface area (Å²) in [5, 5.41) is 10.1. The van der Waals surface area contributed by atoms with Crippen LogP contribution in [-0.2, 0) is 0 Å². The lowest BCUT2D eigenvalue weighted by atomic mass is 10.1. The summed E-state index contributed by atoms with van der Waals surface area (Å²) >= 11 is 0. The van der Waals surface area contributed by atoms with Gasteiger partial charge in [-0.15, -0.1) is 0 Å². The van der Waals surface area contributed by atoms with Crippen LogP contribution in [0, 0.1) is 0 Å². The Morgan fingerprint density at radius 3 is 2.50 bits per heavy atom. The van der Waals surface area contributed by atoms with Crippen molar-refractivity contribution in [3.8, 4) is 22.6 Å². The molecule has 1 aromatic heterocycles. The van der Waals surface area contributed by atoms with Crippen LogP contribution in [0.25, 0.3) is 22.1 Å². The highest BCUT2D eigenvalue weighted by atomic mass is 16.5. The van der Waals surface area contributed by atoms with E-state index in [0.717, 1.165) is 5.39 Å². The zero-order chi connectivity index (χ0) is 14.1.